The van der Waals surface area contributed by atoms with Crippen LogP contribution in [0.2, 0.25) is 0 Å². The van der Waals surface area contributed by atoms with Gasteiger partial charge in [-0.15, -0.1) is 0 Å². The summed E-state index contributed by atoms with van der Waals surface area (Å²) in [6.07, 6.45) is 4.70. The third kappa shape index (κ3) is 4.60. The van der Waals surface area contributed by atoms with Gasteiger partial charge in [-0.1, -0.05) is 18.2 Å². The summed E-state index contributed by atoms with van der Waals surface area (Å²) in [4.78, 5) is 37.2. The predicted octanol–water partition coefficient (Wildman–Crippen LogP) is 2.38. The molecule has 0 bridgehead atoms. The largest absolute Gasteiger partial charge is 0.361 e. The van der Waals surface area contributed by atoms with E-state index in [1.165, 1.54) is 22.9 Å². The molecule has 3 aromatic rings. The van der Waals surface area contributed by atoms with Crippen LogP contribution in [0.4, 0.5) is 5.69 Å². The molecule has 140 valence electrons. The van der Waals surface area contributed by atoms with E-state index in [9.17, 15) is 19.7 Å². The lowest BCUT2D eigenvalue weighted by Gasteiger charge is -2.07. The summed E-state index contributed by atoms with van der Waals surface area (Å²) in [5.74, 6) is -0.0627. The van der Waals surface area contributed by atoms with Gasteiger partial charge in [0.25, 0.3) is 11.2 Å². The highest BCUT2D eigenvalue weighted by molar-refractivity contribution is 5.88. The van der Waals surface area contributed by atoms with Gasteiger partial charge in [-0.3, -0.25) is 19.7 Å². The van der Waals surface area contributed by atoms with Crippen molar-refractivity contribution >= 4 is 22.5 Å². The maximum atomic E-state index is 12.1. The Hall–Kier alpha value is -3.42. The molecule has 2 aromatic heterocycles. The second-order valence-corrected chi connectivity index (χ2v) is 6.27. The Morgan fingerprint density at radius 3 is 2.81 bits per heavy atom. The number of rotatable bonds is 8. The van der Waals surface area contributed by atoms with Crippen molar-refractivity contribution in [3.63, 3.8) is 0 Å². The maximum Gasteiger partial charge on any atom is 0.285 e. The van der Waals surface area contributed by atoms with E-state index in [1.54, 1.807) is 0 Å². The number of nitro groups is 1. The Kier molecular flexibility index (Phi) is 5.65. The molecule has 3 rings (SSSR count). The van der Waals surface area contributed by atoms with E-state index in [0.29, 0.717) is 32.4 Å². The lowest BCUT2D eigenvalue weighted by Crippen LogP contribution is -2.26. The van der Waals surface area contributed by atoms with Gasteiger partial charge < -0.3 is 14.9 Å². The van der Waals surface area contributed by atoms with Crippen LogP contribution in [0, 0.1) is 10.1 Å². The Balaban J connectivity index is 1.44. The van der Waals surface area contributed by atoms with Gasteiger partial charge in [0, 0.05) is 42.3 Å². The van der Waals surface area contributed by atoms with Gasteiger partial charge >= 0.3 is 0 Å². The number of nitrogens with zero attached hydrogens (tertiary/aromatic N) is 2. The fourth-order valence-electron chi connectivity index (χ4n) is 2.95. The number of fused-ring (bicyclic) bond motifs is 1. The Bertz CT molecular complexity index is 1020. The van der Waals surface area contributed by atoms with Crippen molar-refractivity contribution in [3.05, 3.63) is 74.8 Å². The van der Waals surface area contributed by atoms with Crippen LogP contribution in [-0.4, -0.2) is 26.9 Å². The van der Waals surface area contributed by atoms with Crippen molar-refractivity contribution in [2.75, 3.05) is 6.54 Å². The monoisotopic (exact) mass is 368 g/mol. The number of carbonyl (C=O) groups is 1. The number of H-pyrrole nitrogens is 1. The minimum atomic E-state index is -0.527. The molecule has 0 unspecified atom stereocenters. The molecular weight excluding hydrogens is 348 g/mol. The van der Waals surface area contributed by atoms with Gasteiger partial charge in [0.05, 0.1) is 17.5 Å². The molecule has 8 nitrogen and oxygen atoms in total. The number of aryl methyl sites for hydroxylation is 1. The Morgan fingerprint density at radius 2 is 2.00 bits per heavy atom. The lowest BCUT2D eigenvalue weighted by molar-refractivity contribution is -0.385. The number of hydrogen-bond donors (Lipinski definition) is 2. The first-order chi connectivity index (χ1) is 13.0. The van der Waals surface area contributed by atoms with Gasteiger partial charge in [-0.2, -0.15) is 0 Å². The molecule has 0 atom stereocenters. The van der Waals surface area contributed by atoms with E-state index in [0.717, 1.165) is 16.5 Å². The molecule has 0 spiro atoms. The molecule has 0 fully saturated rings. The minimum Gasteiger partial charge on any atom is -0.361 e. The molecule has 27 heavy (non-hydrogen) atoms. The smallest absolute Gasteiger partial charge is 0.285 e. The standard InChI is InChI=1S/C19H20N4O4/c24-18(11-14-12-21-17-6-2-1-5-16(14)17)20-9-3-4-10-22-13-15(23(26)27)7-8-19(22)25/h1-2,5-8,12-13,21H,3-4,9-11H2,(H,20,24). The van der Waals surface area contributed by atoms with E-state index in [-0.39, 0.29) is 17.2 Å². The van der Waals surface area contributed by atoms with Crippen LogP contribution >= 0.6 is 0 Å². The number of nitrogens with one attached hydrogen (secondary N) is 2. The molecule has 2 heterocycles. The number of benzene rings is 1. The van der Waals surface area contributed by atoms with E-state index in [4.69, 9.17) is 0 Å². The number of unbranched alkanes of at least 4 members (excludes halogenated alkanes) is 1. The third-order valence-corrected chi connectivity index (χ3v) is 4.35. The summed E-state index contributed by atoms with van der Waals surface area (Å²) in [5.41, 5.74) is 1.57. The highest BCUT2D eigenvalue weighted by Gasteiger charge is 2.09. The summed E-state index contributed by atoms with van der Waals surface area (Å²) in [6, 6.07) is 10.2. The highest BCUT2D eigenvalue weighted by Crippen LogP contribution is 2.17. The minimum absolute atomic E-state index is 0.0627. The van der Waals surface area contributed by atoms with Crippen LogP contribution in [-0.2, 0) is 17.8 Å². The fourth-order valence-corrected chi connectivity index (χ4v) is 2.95. The van der Waals surface area contributed by atoms with E-state index >= 15 is 0 Å². The van der Waals surface area contributed by atoms with E-state index in [1.807, 2.05) is 30.5 Å². The zero-order chi connectivity index (χ0) is 19.2. The summed E-state index contributed by atoms with van der Waals surface area (Å²) < 4.78 is 1.33. The summed E-state index contributed by atoms with van der Waals surface area (Å²) in [5, 5.41) is 14.7. The molecule has 8 heteroatoms. The van der Waals surface area contributed by atoms with E-state index in [2.05, 4.69) is 10.3 Å². The molecule has 1 amide bonds. The van der Waals surface area contributed by atoms with Gasteiger partial charge in [-0.25, -0.2) is 0 Å². The predicted molar refractivity (Wildman–Crippen MR) is 102 cm³/mol. The molecule has 0 saturated heterocycles. The van der Waals surface area contributed by atoms with Gasteiger partial charge in [0.1, 0.15) is 0 Å². The van der Waals surface area contributed by atoms with Crippen LogP contribution in [0.25, 0.3) is 10.9 Å². The zero-order valence-electron chi connectivity index (χ0n) is 14.7. The summed E-state index contributed by atoms with van der Waals surface area (Å²) in [6.45, 7) is 0.865. The maximum absolute atomic E-state index is 12.1. The molecule has 0 aliphatic carbocycles. The second kappa shape index (κ2) is 8.31. The van der Waals surface area contributed by atoms with Gasteiger partial charge in [0.2, 0.25) is 5.91 Å². The molecular formula is C19H20N4O4. The molecule has 0 radical (unpaired) electrons. The van der Waals surface area contributed by atoms with Crippen molar-refractivity contribution in [2.24, 2.45) is 0 Å². The number of hydrogen-bond acceptors (Lipinski definition) is 4. The number of amides is 1. The van der Waals surface area contributed by atoms with Crippen molar-refractivity contribution in [3.8, 4) is 0 Å². The highest BCUT2D eigenvalue weighted by atomic mass is 16.6. The SMILES string of the molecule is O=C(Cc1c[nH]c2ccccc12)NCCCCn1cc([N+](=O)[O-])ccc1=O. The van der Waals surface area contributed by atoms with Crippen LogP contribution in [0.3, 0.4) is 0 Å². The average Bonchev–Trinajstić information content (AvgIpc) is 3.05. The van der Waals surface area contributed by atoms with Crippen LogP contribution in [0.15, 0.2) is 53.6 Å². The topological polar surface area (TPSA) is 110 Å². The Morgan fingerprint density at radius 1 is 1.19 bits per heavy atom. The first-order valence-electron chi connectivity index (χ1n) is 8.71. The first kappa shape index (κ1) is 18.4. The summed E-state index contributed by atoms with van der Waals surface area (Å²) >= 11 is 0. The number of pyridine rings is 1. The average molecular weight is 368 g/mol. The quantitative estimate of drug-likeness (QED) is 0.361. The number of aromatic nitrogens is 2. The normalized spacial score (nSPS) is 10.8. The Labute approximate surface area is 155 Å². The molecule has 0 aliphatic heterocycles. The third-order valence-electron chi connectivity index (χ3n) is 4.35. The molecule has 2 N–H and O–H groups in total. The second-order valence-electron chi connectivity index (χ2n) is 6.27. The number of aromatic amines is 1. The molecule has 0 saturated carbocycles. The fraction of sp³-hybridized carbons (Fsp3) is 0.263. The van der Waals surface area contributed by atoms with Gasteiger partial charge in [0.15, 0.2) is 0 Å². The van der Waals surface area contributed by atoms with Crippen LogP contribution < -0.4 is 10.9 Å². The zero-order valence-corrected chi connectivity index (χ0v) is 14.7. The van der Waals surface area contributed by atoms with Crippen molar-refractivity contribution in [1.29, 1.82) is 0 Å². The van der Waals surface area contributed by atoms with Gasteiger partial charge in [-0.05, 0) is 24.5 Å². The van der Waals surface area contributed by atoms with Crippen LogP contribution in [0.1, 0.15) is 18.4 Å². The lowest BCUT2D eigenvalue weighted by atomic mass is 10.1. The molecule has 1 aromatic carbocycles. The van der Waals surface area contributed by atoms with Crippen LogP contribution in [0.5, 0.6) is 0 Å². The van der Waals surface area contributed by atoms with Crippen molar-refractivity contribution < 1.29 is 9.72 Å². The number of para-hydroxylation sites is 1. The first-order valence-corrected chi connectivity index (χ1v) is 8.71. The van der Waals surface area contributed by atoms with Crippen molar-refractivity contribution in [1.82, 2.24) is 14.9 Å². The van der Waals surface area contributed by atoms with Crippen molar-refractivity contribution in [2.45, 2.75) is 25.8 Å². The summed E-state index contributed by atoms with van der Waals surface area (Å²) in [7, 11) is 0. The van der Waals surface area contributed by atoms with E-state index < -0.39 is 4.92 Å². The number of carbonyl (C=O) groups excluding carboxylic acids is 1. The molecule has 0 aliphatic rings.